The van der Waals surface area contributed by atoms with Crippen molar-refractivity contribution in [2.75, 3.05) is 0 Å². The van der Waals surface area contributed by atoms with Gasteiger partial charge < -0.3 is 9.67 Å². The first-order valence-corrected chi connectivity index (χ1v) is 6.65. The van der Waals surface area contributed by atoms with Gasteiger partial charge >= 0.3 is 5.97 Å². The van der Waals surface area contributed by atoms with Crippen molar-refractivity contribution < 1.29 is 9.90 Å². The fourth-order valence-electron chi connectivity index (χ4n) is 2.26. The van der Waals surface area contributed by atoms with Crippen LogP contribution in [0.1, 0.15) is 27.2 Å². The van der Waals surface area contributed by atoms with Gasteiger partial charge in [0.1, 0.15) is 0 Å². The van der Waals surface area contributed by atoms with Crippen LogP contribution in [0.25, 0.3) is 11.0 Å². The number of pyridine rings is 1. The second-order valence-electron chi connectivity index (χ2n) is 5.14. The van der Waals surface area contributed by atoms with Gasteiger partial charge in [-0.15, -0.1) is 0 Å². The number of hydrogen-bond donors (Lipinski definition) is 1. The van der Waals surface area contributed by atoms with Crippen LogP contribution >= 0.6 is 0 Å². The summed E-state index contributed by atoms with van der Waals surface area (Å²) in [6.07, 6.45) is 3.17. The highest BCUT2D eigenvalue weighted by molar-refractivity contribution is 5.87. The largest absolute Gasteiger partial charge is 0.478 e. The minimum absolute atomic E-state index is 0.195. The molecule has 0 radical (unpaired) electrons. The lowest BCUT2D eigenvalue weighted by atomic mass is 10.1. The minimum Gasteiger partial charge on any atom is -0.478 e. The second kappa shape index (κ2) is 5.01. The zero-order chi connectivity index (χ0) is 15.0. The van der Waals surface area contributed by atoms with Crippen molar-refractivity contribution in [1.82, 2.24) is 14.5 Å². The summed E-state index contributed by atoms with van der Waals surface area (Å²) in [5.41, 5.74) is 5.45. The fourth-order valence-corrected chi connectivity index (χ4v) is 2.26. The molecule has 0 bridgehead atoms. The highest BCUT2D eigenvalue weighted by Crippen LogP contribution is 2.19. The van der Waals surface area contributed by atoms with Crippen molar-refractivity contribution in [1.29, 1.82) is 0 Å². The first kappa shape index (κ1) is 13.3. The lowest BCUT2D eigenvalue weighted by molar-refractivity contribution is 0.0696. The Morgan fingerprint density at radius 2 is 1.95 bits per heavy atom. The number of hydrogen-bond acceptors (Lipinski definition) is 3. The van der Waals surface area contributed by atoms with E-state index in [2.05, 4.69) is 35.9 Å². The molecule has 1 aromatic carbocycles. The highest BCUT2D eigenvalue weighted by atomic mass is 16.4. The Bertz CT molecular complexity index is 819. The van der Waals surface area contributed by atoms with Crippen molar-refractivity contribution in [3.05, 3.63) is 59.2 Å². The van der Waals surface area contributed by atoms with E-state index >= 15 is 0 Å². The number of carboxylic acid groups (broad SMARTS) is 1. The Morgan fingerprint density at radius 1 is 1.19 bits per heavy atom. The predicted molar refractivity (Wildman–Crippen MR) is 79.5 cm³/mol. The molecule has 3 rings (SSSR count). The molecule has 3 aromatic rings. The Balaban J connectivity index is 1.94. The molecule has 0 saturated heterocycles. The molecule has 21 heavy (non-hydrogen) atoms. The SMILES string of the molecule is Cc1cc2ncn(Cc3ccc(C(=O)O)cn3)c2cc1C. The third-order valence-corrected chi connectivity index (χ3v) is 3.64. The predicted octanol–water partition coefficient (Wildman–Crippen LogP) is 2.79. The summed E-state index contributed by atoms with van der Waals surface area (Å²) in [6, 6.07) is 7.49. The van der Waals surface area contributed by atoms with Gasteiger partial charge in [0.25, 0.3) is 0 Å². The number of imidazole rings is 1. The summed E-state index contributed by atoms with van der Waals surface area (Å²) < 4.78 is 2.02. The monoisotopic (exact) mass is 281 g/mol. The van der Waals surface area contributed by atoms with Crippen LogP contribution in [0.4, 0.5) is 0 Å². The second-order valence-corrected chi connectivity index (χ2v) is 5.14. The average molecular weight is 281 g/mol. The lowest BCUT2D eigenvalue weighted by Gasteiger charge is -2.06. The van der Waals surface area contributed by atoms with Crippen LogP contribution in [-0.2, 0) is 6.54 Å². The maximum Gasteiger partial charge on any atom is 0.337 e. The zero-order valence-corrected chi connectivity index (χ0v) is 11.9. The molecule has 2 heterocycles. The number of benzene rings is 1. The van der Waals surface area contributed by atoms with Gasteiger partial charge in [0.15, 0.2) is 0 Å². The van der Waals surface area contributed by atoms with Crippen LogP contribution < -0.4 is 0 Å². The smallest absolute Gasteiger partial charge is 0.337 e. The number of aromatic carboxylic acids is 1. The molecule has 0 atom stereocenters. The molecule has 0 aliphatic heterocycles. The minimum atomic E-state index is -0.965. The molecule has 5 heteroatoms. The normalized spacial score (nSPS) is 11.0. The van der Waals surface area contributed by atoms with E-state index in [0.717, 1.165) is 16.7 Å². The summed E-state index contributed by atoms with van der Waals surface area (Å²) in [4.78, 5) is 19.4. The Kier molecular flexibility index (Phi) is 3.17. The molecule has 1 N–H and O–H groups in total. The summed E-state index contributed by atoms with van der Waals surface area (Å²) in [6.45, 7) is 4.71. The number of carboxylic acids is 1. The highest BCUT2D eigenvalue weighted by Gasteiger charge is 2.07. The summed E-state index contributed by atoms with van der Waals surface area (Å²) in [5.74, 6) is -0.965. The van der Waals surface area contributed by atoms with Gasteiger partial charge in [-0.25, -0.2) is 9.78 Å². The molecule has 0 unspecified atom stereocenters. The summed E-state index contributed by atoms with van der Waals surface area (Å²) in [5, 5.41) is 8.88. The van der Waals surface area contributed by atoms with E-state index in [1.807, 2.05) is 4.57 Å². The molecule has 0 amide bonds. The van der Waals surface area contributed by atoms with Crippen LogP contribution in [-0.4, -0.2) is 25.6 Å². The van der Waals surface area contributed by atoms with Gasteiger partial charge in [0.2, 0.25) is 0 Å². The molecule has 5 nitrogen and oxygen atoms in total. The summed E-state index contributed by atoms with van der Waals surface area (Å²) >= 11 is 0. The standard InChI is InChI=1S/C16H15N3O2/c1-10-5-14-15(6-11(10)2)19(9-18-14)8-13-4-3-12(7-17-13)16(20)21/h3-7,9H,8H2,1-2H3,(H,20,21). The van der Waals surface area contributed by atoms with Crippen molar-refractivity contribution >= 4 is 17.0 Å². The van der Waals surface area contributed by atoms with Gasteiger partial charge in [-0.1, -0.05) is 0 Å². The summed E-state index contributed by atoms with van der Waals surface area (Å²) in [7, 11) is 0. The van der Waals surface area contributed by atoms with E-state index in [4.69, 9.17) is 5.11 Å². The first-order valence-electron chi connectivity index (χ1n) is 6.65. The number of nitrogens with zero attached hydrogens (tertiary/aromatic N) is 3. The molecule has 0 saturated carbocycles. The Labute approximate surface area is 121 Å². The molecule has 106 valence electrons. The third-order valence-electron chi connectivity index (χ3n) is 3.64. The van der Waals surface area contributed by atoms with Gasteiger partial charge in [-0.2, -0.15) is 0 Å². The Hall–Kier alpha value is -2.69. The molecule has 0 aliphatic rings. The molecule has 0 spiro atoms. The number of rotatable bonds is 3. The maximum absolute atomic E-state index is 10.8. The van der Waals surface area contributed by atoms with E-state index in [9.17, 15) is 4.79 Å². The number of carbonyl (C=O) groups is 1. The van der Waals surface area contributed by atoms with Crippen LogP contribution in [0.3, 0.4) is 0 Å². The number of aryl methyl sites for hydroxylation is 2. The number of fused-ring (bicyclic) bond motifs is 1. The van der Waals surface area contributed by atoms with Crippen LogP contribution in [0.15, 0.2) is 36.8 Å². The van der Waals surface area contributed by atoms with Crippen molar-refractivity contribution in [2.24, 2.45) is 0 Å². The lowest BCUT2D eigenvalue weighted by Crippen LogP contribution is -2.03. The quantitative estimate of drug-likeness (QED) is 0.801. The van der Waals surface area contributed by atoms with E-state index in [1.165, 1.54) is 17.3 Å². The van der Waals surface area contributed by atoms with Crippen molar-refractivity contribution in [3.63, 3.8) is 0 Å². The first-order chi connectivity index (χ1) is 10.0. The van der Waals surface area contributed by atoms with E-state index < -0.39 is 5.97 Å². The topological polar surface area (TPSA) is 68.0 Å². The van der Waals surface area contributed by atoms with Crippen LogP contribution in [0.2, 0.25) is 0 Å². The van der Waals surface area contributed by atoms with Crippen LogP contribution in [0.5, 0.6) is 0 Å². The van der Waals surface area contributed by atoms with E-state index in [-0.39, 0.29) is 5.56 Å². The van der Waals surface area contributed by atoms with Crippen molar-refractivity contribution in [2.45, 2.75) is 20.4 Å². The van der Waals surface area contributed by atoms with E-state index in [0.29, 0.717) is 6.54 Å². The molecular formula is C16H15N3O2. The maximum atomic E-state index is 10.8. The fraction of sp³-hybridized carbons (Fsp3) is 0.188. The van der Waals surface area contributed by atoms with Gasteiger partial charge in [0.05, 0.1) is 35.2 Å². The Morgan fingerprint density at radius 3 is 2.62 bits per heavy atom. The van der Waals surface area contributed by atoms with Crippen LogP contribution in [0, 0.1) is 13.8 Å². The molecular weight excluding hydrogens is 266 g/mol. The van der Waals surface area contributed by atoms with Gasteiger partial charge in [0, 0.05) is 6.20 Å². The van der Waals surface area contributed by atoms with E-state index in [1.54, 1.807) is 18.5 Å². The average Bonchev–Trinajstić information content (AvgIpc) is 2.82. The number of aromatic nitrogens is 3. The van der Waals surface area contributed by atoms with Crippen molar-refractivity contribution in [3.8, 4) is 0 Å². The zero-order valence-electron chi connectivity index (χ0n) is 11.9. The third kappa shape index (κ3) is 2.50. The molecule has 0 aliphatic carbocycles. The van der Waals surface area contributed by atoms with Gasteiger partial charge in [-0.05, 0) is 49.2 Å². The van der Waals surface area contributed by atoms with Gasteiger partial charge in [-0.3, -0.25) is 4.98 Å². The molecule has 0 fully saturated rings. The molecule has 2 aromatic heterocycles.